The van der Waals surface area contributed by atoms with E-state index in [1.54, 1.807) is 5.32 Å². The maximum atomic E-state index is 11.9. The molecule has 0 aromatic heterocycles. The topological polar surface area (TPSA) is 69.6 Å². The zero-order chi connectivity index (χ0) is 13.1. The van der Waals surface area contributed by atoms with Crippen molar-refractivity contribution in [1.82, 2.24) is 5.32 Å². The highest BCUT2D eigenvalue weighted by atomic mass is 19.4. The van der Waals surface area contributed by atoms with E-state index in [9.17, 15) is 28.2 Å². The summed E-state index contributed by atoms with van der Waals surface area (Å²) in [5, 5.41) is 21.2. The molecule has 4 nitrogen and oxygen atoms in total. The molecule has 0 aromatic carbocycles. The van der Waals surface area contributed by atoms with Gasteiger partial charge in [0, 0.05) is 6.54 Å². The Morgan fingerprint density at radius 3 is 2.59 bits per heavy atom. The average Bonchev–Trinajstić information content (AvgIpc) is 2.21. The molecule has 17 heavy (non-hydrogen) atoms. The molecule has 3 N–H and O–H groups in total. The molecule has 2 atom stereocenters. The van der Waals surface area contributed by atoms with Gasteiger partial charge in [0.25, 0.3) is 0 Å². The number of aliphatic hydroxyl groups is 2. The molecular weight excluding hydrogens is 239 g/mol. The molecule has 1 aliphatic rings. The van der Waals surface area contributed by atoms with E-state index in [4.69, 9.17) is 0 Å². The molecule has 0 spiro atoms. The van der Waals surface area contributed by atoms with Crippen molar-refractivity contribution in [3.05, 3.63) is 0 Å². The van der Waals surface area contributed by atoms with Crippen LogP contribution in [0.3, 0.4) is 0 Å². The van der Waals surface area contributed by atoms with Gasteiger partial charge in [0.15, 0.2) is 0 Å². The van der Waals surface area contributed by atoms with Gasteiger partial charge in [0.2, 0.25) is 0 Å². The van der Waals surface area contributed by atoms with Crippen molar-refractivity contribution in [2.24, 2.45) is 0 Å². The Balaban J connectivity index is 2.37. The Morgan fingerprint density at radius 2 is 2.06 bits per heavy atom. The van der Waals surface area contributed by atoms with Crippen LogP contribution in [0.4, 0.5) is 13.2 Å². The molecule has 1 fully saturated rings. The number of carbonyl (C=O) groups excluding carboxylic acids is 1. The van der Waals surface area contributed by atoms with E-state index in [0.29, 0.717) is 12.8 Å². The van der Waals surface area contributed by atoms with Crippen LogP contribution in [-0.2, 0) is 4.79 Å². The summed E-state index contributed by atoms with van der Waals surface area (Å²) in [5.74, 6) is -2.02. The van der Waals surface area contributed by atoms with Crippen molar-refractivity contribution in [3.63, 3.8) is 0 Å². The Labute approximate surface area is 96.8 Å². The Bertz CT molecular complexity index is 282. The lowest BCUT2D eigenvalue weighted by Crippen LogP contribution is -2.48. The third-order valence-corrected chi connectivity index (χ3v) is 3.06. The number of rotatable bonds is 3. The van der Waals surface area contributed by atoms with Crippen LogP contribution in [0.25, 0.3) is 0 Å². The van der Waals surface area contributed by atoms with Crippen molar-refractivity contribution in [2.75, 3.05) is 6.54 Å². The highest BCUT2D eigenvalue weighted by Gasteiger charge is 2.40. The first-order chi connectivity index (χ1) is 7.76. The fourth-order valence-corrected chi connectivity index (χ4v) is 1.99. The van der Waals surface area contributed by atoms with Crippen molar-refractivity contribution >= 4 is 5.91 Å². The molecule has 7 heteroatoms. The molecule has 1 aliphatic carbocycles. The third kappa shape index (κ3) is 3.85. The van der Waals surface area contributed by atoms with Crippen LogP contribution in [0.1, 0.15) is 32.1 Å². The molecule has 1 amide bonds. The fraction of sp³-hybridized carbons (Fsp3) is 0.900. The van der Waals surface area contributed by atoms with Gasteiger partial charge in [-0.2, -0.15) is 13.2 Å². The summed E-state index contributed by atoms with van der Waals surface area (Å²) in [5.41, 5.74) is -1.38. The quantitative estimate of drug-likeness (QED) is 0.696. The molecule has 0 bridgehead atoms. The van der Waals surface area contributed by atoms with Gasteiger partial charge in [0.05, 0.1) is 11.7 Å². The zero-order valence-corrected chi connectivity index (χ0v) is 9.26. The molecule has 0 heterocycles. The van der Waals surface area contributed by atoms with Gasteiger partial charge in [-0.1, -0.05) is 12.8 Å². The van der Waals surface area contributed by atoms with E-state index in [0.717, 1.165) is 12.8 Å². The predicted molar refractivity (Wildman–Crippen MR) is 53.1 cm³/mol. The molecular formula is C10H16F3NO3. The fourth-order valence-electron chi connectivity index (χ4n) is 1.99. The summed E-state index contributed by atoms with van der Waals surface area (Å²) in [6.45, 7) is -0.300. The highest BCUT2D eigenvalue weighted by molar-refractivity contribution is 5.81. The molecule has 2 unspecified atom stereocenters. The van der Waals surface area contributed by atoms with E-state index in [1.165, 1.54) is 0 Å². The monoisotopic (exact) mass is 255 g/mol. The number of hydrogen-bond acceptors (Lipinski definition) is 3. The van der Waals surface area contributed by atoms with Crippen LogP contribution >= 0.6 is 0 Å². The second-order valence-electron chi connectivity index (χ2n) is 4.37. The van der Waals surface area contributed by atoms with E-state index >= 15 is 0 Å². The second-order valence-corrected chi connectivity index (χ2v) is 4.37. The van der Waals surface area contributed by atoms with Crippen LogP contribution < -0.4 is 5.32 Å². The first kappa shape index (κ1) is 14.2. The predicted octanol–water partition coefficient (Wildman–Crippen LogP) is 0.721. The van der Waals surface area contributed by atoms with Gasteiger partial charge < -0.3 is 15.5 Å². The Morgan fingerprint density at radius 1 is 1.41 bits per heavy atom. The third-order valence-electron chi connectivity index (χ3n) is 3.06. The van der Waals surface area contributed by atoms with Crippen LogP contribution in [0.15, 0.2) is 0 Å². The van der Waals surface area contributed by atoms with Crippen molar-refractivity contribution in [3.8, 4) is 0 Å². The van der Waals surface area contributed by atoms with Crippen molar-refractivity contribution < 1.29 is 28.2 Å². The molecule has 0 aliphatic heterocycles. The lowest BCUT2D eigenvalue weighted by molar-refractivity contribution is -0.174. The minimum atomic E-state index is -4.91. The highest BCUT2D eigenvalue weighted by Crippen LogP contribution is 2.31. The number of aliphatic hydroxyl groups excluding tert-OH is 1. The second kappa shape index (κ2) is 5.22. The maximum Gasteiger partial charge on any atom is 0.471 e. The normalized spacial score (nSPS) is 30.1. The molecule has 100 valence electrons. The summed E-state index contributed by atoms with van der Waals surface area (Å²) < 4.78 is 35.6. The van der Waals surface area contributed by atoms with E-state index in [1.807, 2.05) is 0 Å². The van der Waals surface area contributed by atoms with Gasteiger partial charge in [0.1, 0.15) is 0 Å². The SMILES string of the molecule is O=C(NCCC1(O)CCCCC1O)C(F)(F)F. The molecule has 1 saturated carbocycles. The lowest BCUT2D eigenvalue weighted by Gasteiger charge is -2.37. The number of nitrogens with one attached hydrogen (secondary N) is 1. The number of alkyl halides is 3. The van der Waals surface area contributed by atoms with Crippen LogP contribution in [-0.4, -0.2) is 40.5 Å². The first-order valence-electron chi connectivity index (χ1n) is 5.51. The Hall–Kier alpha value is -0.820. The van der Waals surface area contributed by atoms with Crippen LogP contribution in [0.5, 0.6) is 0 Å². The van der Waals surface area contributed by atoms with E-state index in [2.05, 4.69) is 0 Å². The number of amides is 1. The summed E-state index contributed by atoms with van der Waals surface area (Å²) in [6.07, 6.45) is -3.62. The van der Waals surface area contributed by atoms with Crippen molar-refractivity contribution in [2.45, 2.75) is 50.0 Å². The van der Waals surface area contributed by atoms with Crippen LogP contribution in [0.2, 0.25) is 0 Å². The molecule has 0 saturated heterocycles. The molecule has 1 rings (SSSR count). The minimum absolute atomic E-state index is 0.0734. The van der Waals surface area contributed by atoms with E-state index < -0.39 is 23.8 Å². The summed E-state index contributed by atoms with van der Waals surface area (Å²) >= 11 is 0. The summed E-state index contributed by atoms with van der Waals surface area (Å²) in [7, 11) is 0. The van der Waals surface area contributed by atoms with Crippen molar-refractivity contribution in [1.29, 1.82) is 0 Å². The standard InChI is InChI=1S/C10H16F3NO3/c11-10(12,13)8(16)14-6-5-9(17)4-2-1-3-7(9)15/h7,15,17H,1-6H2,(H,14,16). The van der Waals surface area contributed by atoms with Gasteiger partial charge >= 0.3 is 12.1 Å². The smallest absolute Gasteiger partial charge is 0.390 e. The minimum Gasteiger partial charge on any atom is -0.390 e. The zero-order valence-electron chi connectivity index (χ0n) is 9.26. The lowest BCUT2D eigenvalue weighted by atomic mass is 9.80. The largest absolute Gasteiger partial charge is 0.471 e. The molecule has 0 radical (unpaired) electrons. The number of hydrogen-bond donors (Lipinski definition) is 3. The van der Waals surface area contributed by atoms with Gasteiger partial charge in [-0.05, 0) is 19.3 Å². The molecule has 0 aromatic rings. The number of carbonyl (C=O) groups is 1. The number of halogens is 3. The van der Waals surface area contributed by atoms with Gasteiger partial charge in [-0.3, -0.25) is 4.79 Å². The summed E-state index contributed by atoms with van der Waals surface area (Å²) in [6, 6.07) is 0. The first-order valence-corrected chi connectivity index (χ1v) is 5.51. The van der Waals surface area contributed by atoms with Crippen LogP contribution in [0, 0.1) is 0 Å². The Kier molecular flexibility index (Phi) is 4.37. The average molecular weight is 255 g/mol. The van der Waals surface area contributed by atoms with Gasteiger partial charge in [-0.15, -0.1) is 0 Å². The summed E-state index contributed by atoms with van der Waals surface area (Å²) in [4.78, 5) is 10.5. The maximum absolute atomic E-state index is 11.9. The van der Waals surface area contributed by atoms with Gasteiger partial charge in [-0.25, -0.2) is 0 Å². The van der Waals surface area contributed by atoms with E-state index in [-0.39, 0.29) is 13.0 Å².